The lowest BCUT2D eigenvalue weighted by atomic mass is 10.1. The average Bonchev–Trinajstić information content (AvgIpc) is 2.75. The molecule has 0 spiro atoms. The predicted octanol–water partition coefficient (Wildman–Crippen LogP) is 2.93. The first-order valence-corrected chi connectivity index (χ1v) is 6.01. The van der Waals surface area contributed by atoms with Gasteiger partial charge in [-0.2, -0.15) is 0 Å². The van der Waals surface area contributed by atoms with Gasteiger partial charge in [0.15, 0.2) is 5.15 Å². The molecule has 0 bridgehead atoms. The van der Waals surface area contributed by atoms with Crippen molar-refractivity contribution in [3.8, 4) is 0 Å². The van der Waals surface area contributed by atoms with Crippen LogP contribution in [0, 0.1) is 0 Å². The molecule has 0 fully saturated rings. The summed E-state index contributed by atoms with van der Waals surface area (Å²) in [6.07, 6.45) is 1.79. The highest BCUT2D eigenvalue weighted by atomic mass is 35.5. The lowest BCUT2D eigenvalue weighted by Crippen LogP contribution is -2.28. The second-order valence-electron chi connectivity index (χ2n) is 3.83. The molecule has 0 aliphatic rings. The summed E-state index contributed by atoms with van der Waals surface area (Å²) in [4.78, 5) is 4.28. The fraction of sp³-hybridized carbons (Fsp3) is 0.300. The van der Waals surface area contributed by atoms with E-state index in [9.17, 15) is 0 Å². The molecular formula is C10H11ClN4S. The number of halogens is 1. The first-order valence-electron chi connectivity index (χ1n) is 4.75. The second kappa shape index (κ2) is 4.35. The Morgan fingerprint density at radius 2 is 2.12 bits per heavy atom. The van der Waals surface area contributed by atoms with Crippen molar-refractivity contribution < 1.29 is 0 Å². The van der Waals surface area contributed by atoms with Gasteiger partial charge in [-0.15, -0.1) is 21.5 Å². The number of anilines is 1. The molecule has 0 unspecified atom stereocenters. The summed E-state index contributed by atoms with van der Waals surface area (Å²) in [5.74, 6) is 0.685. The van der Waals surface area contributed by atoms with E-state index in [0.717, 1.165) is 5.01 Å². The molecule has 1 N–H and O–H groups in total. The maximum Gasteiger partial charge on any atom is 0.151 e. The third kappa shape index (κ3) is 2.48. The van der Waals surface area contributed by atoms with Crippen LogP contribution in [0.1, 0.15) is 18.9 Å². The Morgan fingerprint density at radius 1 is 1.31 bits per heavy atom. The first kappa shape index (κ1) is 11.3. The van der Waals surface area contributed by atoms with E-state index in [1.54, 1.807) is 29.7 Å². The zero-order valence-electron chi connectivity index (χ0n) is 8.94. The topological polar surface area (TPSA) is 50.7 Å². The van der Waals surface area contributed by atoms with Crippen molar-refractivity contribution in [2.75, 3.05) is 5.32 Å². The van der Waals surface area contributed by atoms with Crippen LogP contribution in [0.25, 0.3) is 0 Å². The molecule has 84 valence electrons. The van der Waals surface area contributed by atoms with Crippen LogP contribution in [0.2, 0.25) is 5.15 Å². The summed E-state index contributed by atoms with van der Waals surface area (Å²) in [5.41, 5.74) is -0.267. The van der Waals surface area contributed by atoms with Crippen LogP contribution in [-0.2, 0) is 5.54 Å². The highest BCUT2D eigenvalue weighted by Crippen LogP contribution is 2.26. The van der Waals surface area contributed by atoms with E-state index in [1.165, 1.54) is 0 Å². The molecule has 2 heterocycles. The summed E-state index contributed by atoms with van der Waals surface area (Å²) in [6.45, 7) is 4.09. The van der Waals surface area contributed by atoms with Crippen molar-refractivity contribution in [3.63, 3.8) is 0 Å². The maximum absolute atomic E-state index is 5.67. The first-order chi connectivity index (χ1) is 7.58. The van der Waals surface area contributed by atoms with Crippen molar-refractivity contribution in [3.05, 3.63) is 33.9 Å². The maximum atomic E-state index is 5.67. The predicted molar refractivity (Wildman–Crippen MR) is 65.8 cm³/mol. The molecule has 6 heteroatoms. The SMILES string of the molecule is CC(C)(Nc1ccc(Cl)nn1)c1nccs1. The van der Waals surface area contributed by atoms with E-state index in [2.05, 4.69) is 20.5 Å². The van der Waals surface area contributed by atoms with Gasteiger partial charge in [0.25, 0.3) is 0 Å². The van der Waals surface area contributed by atoms with Gasteiger partial charge in [-0.05, 0) is 26.0 Å². The molecule has 0 aliphatic carbocycles. The van der Waals surface area contributed by atoms with Crippen LogP contribution in [0.3, 0.4) is 0 Å². The summed E-state index contributed by atoms with van der Waals surface area (Å²) in [5, 5.41) is 14.3. The van der Waals surface area contributed by atoms with Gasteiger partial charge >= 0.3 is 0 Å². The number of nitrogens with zero attached hydrogens (tertiary/aromatic N) is 3. The smallest absolute Gasteiger partial charge is 0.151 e. The fourth-order valence-corrected chi connectivity index (χ4v) is 2.11. The van der Waals surface area contributed by atoms with Crippen molar-refractivity contribution in [1.29, 1.82) is 0 Å². The molecule has 0 aliphatic heterocycles. The molecule has 2 aromatic rings. The number of hydrogen-bond acceptors (Lipinski definition) is 5. The Balaban J connectivity index is 2.18. The van der Waals surface area contributed by atoms with Gasteiger partial charge in [0.05, 0.1) is 5.54 Å². The van der Waals surface area contributed by atoms with Gasteiger partial charge < -0.3 is 5.32 Å². The van der Waals surface area contributed by atoms with Gasteiger partial charge in [0, 0.05) is 11.6 Å². The Hall–Kier alpha value is -1.20. The van der Waals surface area contributed by atoms with Gasteiger partial charge in [0.1, 0.15) is 10.8 Å². The molecule has 0 saturated carbocycles. The molecule has 0 saturated heterocycles. The van der Waals surface area contributed by atoms with Gasteiger partial charge in [-0.1, -0.05) is 11.6 Å². The number of aromatic nitrogens is 3. The van der Waals surface area contributed by atoms with E-state index in [0.29, 0.717) is 11.0 Å². The van der Waals surface area contributed by atoms with Crippen LogP contribution in [0.15, 0.2) is 23.7 Å². The molecule has 4 nitrogen and oxygen atoms in total. The summed E-state index contributed by atoms with van der Waals surface area (Å²) in [6, 6.07) is 3.50. The summed E-state index contributed by atoms with van der Waals surface area (Å²) in [7, 11) is 0. The third-order valence-corrected chi connectivity index (χ3v) is 3.34. The monoisotopic (exact) mass is 254 g/mol. The summed E-state index contributed by atoms with van der Waals surface area (Å²) < 4.78 is 0. The Labute approximate surface area is 103 Å². The number of rotatable bonds is 3. The van der Waals surface area contributed by atoms with Crippen LogP contribution in [-0.4, -0.2) is 15.2 Å². The molecule has 16 heavy (non-hydrogen) atoms. The van der Waals surface area contributed by atoms with Crippen LogP contribution >= 0.6 is 22.9 Å². The molecule has 0 radical (unpaired) electrons. The molecule has 0 amide bonds. The van der Waals surface area contributed by atoms with E-state index in [4.69, 9.17) is 11.6 Å². The summed E-state index contributed by atoms with van der Waals surface area (Å²) >= 11 is 7.28. The standard InChI is InChI=1S/C10H11ClN4S/c1-10(2,9-12-5-6-16-9)13-8-4-3-7(11)14-15-8/h3-6H,1-2H3,(H,13,15). The molecule has 2 rings (SSSR count). The Morgan fingerprint density at radius 3 is 2.69 bits per heavy atom. The van der Waals surface area contributed by atoms with Crippen molar-refractivity contribution in [2.24, 2.45) is 0 Å². The normalized spacial score (nSPS) is 11.4. The average molecular weight is 255 g/mol. The van der Waals surface area contributed by atoms with Crippen LogP contribution < -0.4 is 5.32 Å². The molecule has 0 aromatic carbocycles. The minimum Gasteiger partial charge on any atom is -0.357 e. The third-order valence-electron chi connectivity index (χ3n) is 2.04. The van der Waals surface area contributed by atoms with Gasteiger partial charge in [0.2, 0.25) is 0 Å². The van der Waals surface area contributed by atoms with Crippen LogP contribution in [0.4, 0.5) is 5.82 Å². The zero-order chi connectivity index (χ0) is 11.6. The van der Waals surface area contributed by atoms with E-state index >= 15 is 0 Å². The van der Waals surface area contributed by atoms with E-state index < -0.39 is 0 Å². The van der Waals surface area contributed by atoms with E-state index in [1.807, 2.05) is 19.2 Å². The van der Waals surface area contributed by atoms with Gasteiger partial charge in [-0.3, -0.25) is 0 Å². The zero-order valence-corrected chi connectivity index (χ0v) is 10.5. The lowest BCUT2D eigenvalue weighted by Gasteiger charge is -2.23. The minimum atomic E-state index is -0.267. The number of hydrogen-bond donors (Lipinski definition) is 1. The lowest BCUT2D eigenvalue weighted by molar-refractivity contribution is 0.599. The fourth-order valence-electron chi connectivity index (χ4n) is 1.29. The number of thiazole rings is 1. The molecule has 0 atom stereocenters. The Kier molecular flexibility index (Phi) is 3.07. The highest BCUT2D eigenvalue weighted by Gasteiger charge is 2.23. The van der Waals surface area contributed by atoms with Crippen molar-refractivity contribution in [2.45, 2.75) is 19.4 Å². The van der Waals surface area contributed by atoms with Crippen molar-refractivity contribution in [1.82, 2.24) is 15.2 Å². The van der Waals surface area contributed by atoms with Crippen molar-refractivity contribution >= 4 is 28.8 Å². The van der Waals surface area contributed by atoms with Gasteiger partial charge in [-0.25, -0.2) is 4.98 Å². The van der Waals surface area contributed by atoms with Crippen LogP contribution in [0.5, 0.6) is 0 Å². The molecule has 2 aromatic heterocycles. The van der Waals surface area contributed by atoms with E-state index in [-0.39, 0.29) is 5.54 Å². The highest BCUT2D eigenvalue weighted by molar-refractivity contribution is 7.09. The minimum absolute atomic E-state index is 0.267. The quantitative estimate of drug-likeness (QED) is 0.915. The Bertz CT molecular complexity index is 452. The second-order valence-corrected chi connectivity index (χ2v) is 5.11. The molecular weight excluding hydrogens is 244 g/mol. The largest absolute Gasteiger partial charge is 0.357 e. The number of nitrogens with one attached hydrogen (secondary N) is 1.